The number of thiazole rings is 1. The summed E-state index contributed by atoms with van der Waals surface area (Å²) in [4.78, 5) is 6.11. The summed E-state index contributed by atoms with van der Waals surface area (Å²) in [6, 6.07) is 0.507. The van der Waals surface area contributed by atoms with E-state index in [0.29, 0.717) is 6.04 Å². The molecule has 1 atom stereocenters. The van der Waals surface area contributed by atoms with Gasteiger partial charge in [0.1, 0.15) is 0 Å². The molecule has 2 heterocycles. The van der Waals surface area contributed by atoms with Gasteiger partial charge in [-0.05, 0) is 39.3 Å². The van der Waals surface area contributed by atoms with Crippen LogP contribution in [0.4, 0.5) is 0 Å². The quantitative estimate of drug-likeness (QED) is 0.821. The van der Waals surface area contributed by atoms with Gasteiger partial charge >= 0.3 is 0 Å². The van der Waals surface area contributed by atoms with Crippen LogP contribution in [0.15, 0.2) is 0 Å². The maximum atomic E-state index is 5.51. The number of hydrogen-bond donors (Lipinski definition) is 2. The number of nitrogens with two attached hydrogens (primary N) is 1. The summed E-state index contributed by atoms with van der Waals surface area (Å²) >= 11 is 1.83. The lowest BCUT2D eigenvalue weighted by Crippen LogP contribution is -2.14. The van der Waals surface area contributed by atoms with E-state index in [-0.39, 0.29) is 0 Å². The van der Waals surface area contributed by atoms with E-state index in [4.69, 9.17) is 10.7 Å². The Morgan fingerprint density at radius 2 is 2.47 bits per heavy atom. The fourth-order valence-corrected chi connectivity index (χ4v) is 3.10. The smallest absolute Gasteiger partial charge is 0.0932 e. The van der Waals surface area contributed by atoms with Gasteiger partial charge in [0.25, 0.3) is 0 Å². The predicted octanol–water partition coefficient (Wildman–Crippen LogP) is 1.77. The van der Waals surface area contributed by atoms with Crippen LogP contribution in [-0.2, 0) is 6.42 Å². The van der Waals surface area contributed by atoms with E-state index >= 15 is 0 Å². The molecular weight excluding hydrogens is 206 g/mol. The van der Waals surface area contributed by atoms with Gasteiger partial charge in [-0.3, -0.25) is 0 Å². The van der Waals surface area contributed by atoms with Crippen molar-refractivity contribution in [1.82, 2.24) is 10.3 Å². The van der Waals surface area contributed by atoms with Crippen molar-refractivity contribution in [3.63, 3.8) is 0 Å². The van der Waals surface area contributed by atoms with Gasteiger partial charge in [0, 0.05) is 11.3 Å². The van der Waals surface area contributed by atoms with E-state index in [1.165, 1.54) is 28.4 Å². The van der Waals surface area contributed by atoms with Gasteiger partial charge in [-0.25, -0.2) is 4.98 Å². The molecule has 0 bridgehead atoms. The fraction of sp³-hybridized carbons (Fsp3) is 0.727. The number of aromatic nitrogens is 1. The molecule has 3 nitrogen and oxygen atoms in total. The Bertz CT molecular complexity index is 316. The monoisotopic (exact) mass is 225 g/mol. The Balaban J connectivity index is 2.06. The minimum Gasteiger partial charge on any atom is -0.330 e. The molecule has 1 saturated heterocycles. The van der Waals surface area contributed by atoms with Crippen molar-refractivity contribution in [1.29, 1.82) is 0 Å². The molecule has 15 heavy (non-hydrogen) atoms. The van der Waals surface area contributed by atoms with Crippen molar-refractivity contribution >= 4 is 11.3 Å². The standard InChI is InChI=1S/C11H19N3S/c1-8-11(9-4-3-7-13-9)14-10(15-8)5-2-6-12/h9,13H,2-7,12H2,1H3. The molecule has 1 fully saturated rings. The first kappa shape index (κ1) is 11.0. The van der Waals surface area contributed by atoms with Crippen LogP contribution in [-0.4, -0.2) is 18.1 Å². The first-order chi connectivity index (χ1) is 7.31. The lowest BCUT2D eigenvalue weighted by atomic mass is 10.1. The Kier molecular flexibility index (Phi) is 3.72. The van der Waals surface area contributed by atoms with Gasteiger partial charge in [0.2, 0.25) is 0 Å². The second-order valence-corrected chi connectivity index (χ2v) is 5.38. The minimum atomic E-state index is 0.507. The molecule has 0 radical (unpaired) electrons. The summed E-state index contributed by atoms with van der Waals surface area (Å²) in [5.74, 6) is 0. The highest BCUT2D eigenvalue weighted by molar-refractivity contribution is 7.11. The van der Waals surface area contributed by atoms with Crippen LogP contribution in [0.3, 0.4) is 0 Å². The maximum Gasteiger partial charge on any atom is 0.0932 e. The first-order valence-electron chi connectivity index (χ1n) is 5.71. The van der Waals surface area contributed by atoms with Crippen LogP contribution in [0, 0.1) is 6.92 Å². The van der Waals surface area contributed by atoms with Crippen LogP contribution >= 0.6 is 11.3 Å². The molecule has 0 aromatic carbocycles. The summed E-state index contributed by atoms with van der Waals surface area (Å²) in [7, 11) is 0. The topological polar surface area (TPSA) is 50.9 Å². The minimum absolute atomic E-state index is 0.507. The Morgan fingerprint density at radius 3 is 3.13 bits per heavy atom. The van der Waals surface area contributed by atoms with E-state index in [9.17, 15) is 0 Å². The van der Waals surface area contributed by atoms with Crippen LogP contribution in [0.1, 0.15) is 40.9 Å². The SMILES string of the molecule is Cc1sc(CCCN)nc1C1CCCN1. The number of nitrogens with zero attached hydrogens (tertiary/aromatic N) is 1. The number of rotatable bonds is 4. The maximum absolute atomic E-state index is 5.51. The molecule has 0 spiro atoms. The molecule has 0 aliphatic carbocycles. The third-order valence-corrected chi connectivity index (χ3v) is 3.91. The second kappa shape index (κ2) is 5.05. The fourth-order valence-electron chi connectivity index (χ4n) is 2.07. The number of nitrogens with one attached hydrogen (secondary N) is 1. The van der Waals surface area contributed by atoms with Crippen LogP contribution in [0.2, 0.25) is 0 Å². The normalized spacial score (nSPS) is 21.1. The van der Waals surface area contributed by atoms with E-state index in [1.807, 2.05) is 11.3 Å². The highest BCUT2D eigenvalue weighted by atomic mass is 32.1. The zero-order chi connectivity index (χ0) is 10.7. The Labute approximate surface area is 95.1 Å². The summed E-state index contributed by atoms with van der Waals surface area (Å²) < 4.78 is 0. The molecule has 84 valence electrons. The van der Waals surface area contributed by atoms with Crippen molar-refractivity contribution in [3.8, 4) is 0 Å². The van der Waals surface area contributed by atoms with Crippen molar-refractivity contribution in [3.05, 3.63) is 15.6 Å². The summed E-state index contributed by atoms with van der Waals surface area (Å²) in [6.45, 7) is 4.08. The van der Waals surface area contributed by atoms with Gasteiger partial charge < -0.3 is 11.1 Å². The summed E-state index contributed by atoms with van der Waals surface area (Å²) in [5, 5.41) is 4.75. The van der Waals surface area contributed by atoms with Crippen LogP contribution in [0.5, 0.6) is 0 Å². The van der Waals surface area contributed by atoms with Gasteiger partial charge in [-0.15, -0.1) is 11.3 Å². The van der Waals surface area contributed by atoms with E-state index in [0.717, 1.165) is 25.9 Å². The zero-order valence-electron chi connectivity index (χ0n) is 9.25. The number of aryl methyl sites for hydroxylation is 2. The van der Waals surface area contributed by atoms with Crippen molar-refractivity contribution in [2.45, 2.75) is 38.6 Å². The van der Waals surface area contributed by atoms with Crippen molar-refractivity contribution in [2.24, 2.45) is 5.73 Å². The average molecular weight is 225 g/mol. The van der Waals surface area contributed by atoms with Crippen LogP contribution < -0.4 is 11.1 Å². The highest BCUT2D eigenvalue weighted by Crippen LogP contribution is 2.29. The summed E-state index contributed by atoms with van der Waals surface area (Å²) in [5.41, 5.74) is 6.79. The van der Waals surface area contributed by atoms with Gasteiger partial charge in [0.05, 0.1) is 16.7 Å². The molecule has 1 unspecified atom stereocenters. The van der Waals surface area contributed by atoms with Crippen LogP contribution in [0.25, 0.3) is 0 Å². The molecule has 1 aliphatic heterocycles. The van der Waals surface area contributed by atoms with E-state index in [1.54, 1.807) is 0 Å². The van der Waals surface area contributed by atoms with Crippen molar-refractivity contribution in [2.75, 3.05) is 13.1 Å². The van der Waals surface area contributed by atoms with E-state index < -0.39 is 0 Å². The number of hydrogen-bond acceptors (Lipinski definition) is 4. The lowest BCUT2D eigenvalue weighted by Gasteiger charge is -2.07. The third-order valence-electron chi connectivity index (χ3n) is 2.86. The largest absolute Gasteiger partial charge is 0.330 e. The average Bonchev–Trinajstić information content (AvgIpc) is 2.83. The summed E-state index contributed by atoms with van der Waals surface area (Å²) in [6.07, 6.45) is 4.60. The van der Waals surface area contributed by atoms with Gasteiger partial charge in [-0.1, -0.05) is 0 Å². The molecule has 3 N–H and O–H groups in total. The Hall–Kier alpha value is -0.450. The molecule has 1 aromatic heterocycles. The zero-order valence-corrected chi connectivity index (χ0v) is 10.1. The van der Waals surface area contributed by atoms with E-state index in [2.05, 4.69) is 12.2 Å². The third kappa shape index (κ3) is 2.56. The predicted molar refractivity (Wildman–Crippen MR) is 64.2 cm³/mol. The highest BCUT2D eigenvalue weighted by Gasteiger charge is 2.21. The lowest BCUT2D eigenvalue weighted by molar-refractivity contribution is 0.625. The molecule has 2 rings (SSSR count). The molecule has 1 aliphatic rings. The Morgan fingerprint density at radius 1 is 1.60 bits per heavy atom. The first-order valence-corrected chi connectivity index (χ1v) is 6.52. The van der Waals surface area contributed by atoms with Crippen molar-refractivity contribution < 1.29 is 0 Å². The second-order valence-electron chi connectivity index (χ2n) is 4.09. The molecule has 4 heteroatoms. The van der Waals surface area contributed by atoms with Gasteiger partial charge in [0.15, 0.2) is 0 Å². The molecule has 1 aromatic rings. The molecular formula is C11H19N3S. The molecule has 0 saturated carbocycles. The van der Waals surface area contributed by atoms with Gasteiger partial charge in [-0.2, -0.15) is 0 Å². The molecule has 0 amide bonds.